The number of ether oxygens (including phenoxy) is 3. The van der Waals surface area contributed by atoms with Crippen molar-refractivity contribution in [3.05, 3.63) is 53.6 Å². The van der Waals surface area contributed by atoms with E-state index in [4.69, 9.17) is 14.2 Å². The fourth-order valence-electron chi connectivity index (χ4n) is 2.10. The van der Waals surface area contributed by atoms with Crippen molar-refractivity contribution in [3.63, 3.8) is 0 Å². The van der Waals surface area contributed by atoms with E-state index in [9.17, 15) is 4.79 Å². The zero-order valence-corrected chi connectivity index (χ0v) is 11.6. The van der Waals surface area contributed by atoms with E-state index in [2.05, 4.69) is 5.32 Å². The summed E-state index contributed by atoms with van der Waals surface area (Å²) >= 11 is 0. The lowest BCUT2D eigenvalue weighted by Gasteiger charge is -2.07. The van der Waals surface area contributed by atoms with Gasteiger partial charge in [0.05, 0.1) is 6.61 Å². The minimum atomic E-state index is -0.169. The molecule has 21 heavy (non-hydrogen) atoms. The Hall–Kier alpha value is -2.53. The van der Waals surface area contributed by atoms with Crippen molar-refractivity contribution in [2.24, 2.45) is 0 Å². The molecule has 0 fully saturated rings. The maximum Gasteiger partial charge on any atom is 0.255 e. The molecule has 3 rings (SSSR count). The second-order valence-electron chi connectivity index (χ2n) is 4.65. The number of anilines is 1. The number of methoxy groups -OCH3 is 1. The van der Waals surface area contributed by atoms with E-state index in [1.165, 1.54) is 0 Å². The van der Waals surface area contributed by atoms with Crippen LogP contribution >= 0.6 is 0 Å². The summed E-state index contributed by atoms with van der Waals surface area (Å²) < 4.78 is 15.6. The largest absolute Gasteiger partial charge is 0.454 e. The highest BCUT2D eigenvalue weighted by Crippen LogP contribution is 2.34. The number of benzene rings is 2. The quantitative estimate of drug-likeness (QED) is 0.938. The van der Waals surface area contributed by atoms with Crippen LogP contribution in [0.25, 0.3) is 0 Å². The van der Waals surface area contributed by atoms with Gasteiger partial charge in [-0.1, -0.05) is 12.1 Å². The number of rotatable bonds is 4. The minimum Gasteiger partial charge on any atom is -0.454 e. The van der Waals surface area contributed by atoms with Crippen LogP contribution < -0.4 is 14.8 Å². The van der Waals surface area contributed by atoms with Crippen molar-refractivity contribution in [2.45, 2.75) is 6.61 Å². The van der Waals surface area contributed by atoms with Gasteiger partial charge in [0.1, 0.15) is 0 Å². The molecule has 1 N–H and O–H groups in total. The van der Waals surface area contributed by atoms with Gasteiger partial charge >= 0.3 is 0 Å². The Morgan fingerprint density at radius 1 is 1.14 bits per heavy atom. The van der Waals surface area contributed by atoms with Crippen molar-refractivity contribution in [1.29, 1.82) is 0 Å². The van der Waals surface area contributed by atoms with Crippen molar-refractivity contribution in [3.8, 4) is 11.5 Å². The summed E-state index contributed by atoms with van der Waals surface area (Å²) in [5.74, 6) is 1.16. The van der Waals surface area contributed by atoms with Crippen LogP contribution in [0.15, 0.2) is 42.5 Å². The van der Waals surface area contributed by atoms with Crippen LogP contribution in [0.1, 0.15) is 15.9 Å². The van der Waals surface area contributed by atoms with E-state index in [0.29, 0.717) is 29.4 Å². The predicted molar refractivity (Wildman–Crippen MR) is 77.7 cm³/mol. The Bertz CT molecular complexity index is 652. The first-order valence-corrected chi connectivity index (χ1v) is 6.55. The second-order valence-corrected chi connectivity index (χ2v) is 4.65. The predicted octanol–water partition coefficient (Wildman–Crippen LogP) is 2.81. The number of carbonyl (C=O) groups is 1. The Labute approximate surface area is 122 Å². The molecule has 0 saturated heterocycles. The molecule has 1 amide bonds. The fraction of sp³-hybridized carbons (Fsp3) is 0.188. The Balaban J connectivity index is 1.71. The van der Waals surface area contributed by atoms with E-state index in [-0.39, 0.29) is 12.7 Å². The molecule has 0 aromatic heterocycles. The first-order valence-electron chi connectivity index (χ1n) is 6.55. The summed E-state index contributed by atoms with van der Waals surface area (Å²) in [6, 6.07) is 12.6. The molecule has 0 radical (unpaired) electrons. The molecular weight excluding hydrogens is 270 g/mol. The lowest BCUT2D eigenvalue weighted by atomic mass is 10.1. The minimum absolute atomic E-state index is 0.169. The molecule has 0 spiro atoms. The molecule has 2 aromatic carbocycles. The van der Waals surface area contributed by atoms with E-state index >= 15 is 0 Å². The number of hydrogen-bond donors (Lipinski definition) is 1. The molecule has 0 saturated carbocycles. The topological polar surface area (TPSA) is 56.8 Å². The lowest BCUT2D eigenvalue weighted by molar-refractivity contribution is 0.102. The van der Waals surface area contributed by atoms with Gasteiger partial charge in [0, 0.05) is 24.4 Å². The van der Waals surface area contributed by atoms with Gasteiger partial charge < -0.3 is 19.5 Å². The molecule has 108 valence electrons. The van der Waals surface area contributed by atoms with Gasteiger partial charge in [-0.15, -0.1) is 0 Å². The first-order chi connectivity index (χ1) is 10.3. The molecule has 1 aliphatic heterocycles. The van der Waals surface area contributed by atoms with Crippen LogP contribution in [0.5, 0.6) is 11.5 Å². The van der Waals surface area contributed by atoms with Crippen LogP contribution in [0, 0.1) is 0 Å². The van der Waals surface area contributed by atoms with Crippen molar-refractivity contribution >= 4 is 11.6 Å². The van der Waals surface area contributed by atoms with Crippen molar-refractivity contribution in [2.75, 3.05) is 19.2 Å². The molecule has 0 bridgehead atoms. The standard InChI is InChI=1S/C16H15NO4/c1-19-9-11-2-4-12(5-3-11)16(18)17-13-6-7-14-15(8-13)21-10-20-14/h2-8H,9-10H2,1H3,(H,17,18). The van der Waals surface area contributed by atoms with Crippen LogP contribution in [0.4, 0.5) is 5.69 Å². The summed E-state index contributed by atoms with van der Waals surface area (Å²) in [6.07, 6.45) is 0. The number of fused-ring (bicyclic) bond motifs is 1. The summed E-state index contributed by atoms with van der Waals surface area (Å²) in [5, 5.41) is 2.83. The summed E-state index contributed by atoms with van der Waals surface area (Å²) in [7, 11) is 1.64. The van der Waals surface area contributed by atoms with Gasteiger partial charge in [0.25, 0.3) is 5.91 Å². The van der Waals surface area contributed by atoms with Gasteiger partial charge in [-0.25, -0.2) is 0 Å². The SMILES string of the molecule is COCc1ccc(C(=O)Nc2ccc3c(c2)OCO3)cc1. The summed E-state index contributed by atoms with van der Waals surface area (Å²) in [5.41, 5.74) is 2.29. The fourth-order valence-corrected chi connectivity index (χ4v) is 2.10. The van der Waals surface area contributed by atoms with Gasteiger partial charge in [0.2, 0.25) is 6.79 Å². The molecule has 0 unspecified atom stereocenters. The molecule has 5 nitrogen and oxygen atoms in total. The third kappa shape index (κ3) is 2.98. The molecule has 1 heterocycles. The number of hydrogen-bond acceptors (Lipinski definition) is 4. The Kier molecular flexibility index (Phi) is 3.75. The Morgan fingerprint density at radius 2 is 1.90 bits per heavy atom. The van der Waals surface area contributed by atoms with Crippen LogP contribution in [0.3, 0.4) is 0 Å². The smallest absolute Gasteiger partial charge is 0.255 e. The van der Waals surface area contributed by atoms with Gasteiger partial charge in [-0.3, -0.25) is 4.79 Å². The second kappa shape index (κ2) is 5.85. The number of nitrogens with one attached hydrogen (secondary N) is 1. The van der Waals surface area contributed by atoms with E-state index in [1.807, 2.05) is 12.1 Å². The summed E-state index contributed by atoms with van der Waals surface area (Å²) in [6.45, 7) is 0.748. The molecule has 2 aromatic rings. The highest BCUT2D eigenvalue weighted by Gasteiger charge is 2.14. The number of carbonyl (C=O) groups excluding carboxylic acids is 1. The lowest BCUT2D eigenvalue weighted by Crippen LogP contribution is -2.11. The maximum atomic E-state index is 12.2. The highest BCUT2D eigenvalue weighted by molar-refractivity contribution is 6.04. The molecule has 5 heteroatoms. The Morgan fingerprint density at radius 3 is 2.67 bits per heavy atom. The molecule has 1 aliphatic rings. The highest BCUT2D eigenvalue weighted by atomic mass is 16.7. The van der Waals surface area contributed by atoms with Crippen molar-refractivity contribution in [1.82, 2.24) is 0 Å². The summed E-state index contributed by atoms with van der Waals surface area (Å²) in [4.78, 5) is 12.2. The average Bonchev–Trinajstić information content (AvgIpc) is 2.96. The zero-order valence-electron chi connectivity index (χ0n) is 11.6. The average molecular weight is 285 g/mol. The third-order valence-electron chi connectivity index (χ3n) is 3.16. The normalized spacial score (nSPS) is 12.2. The molecular formula is C16H15NO4. The van der Waals surface area contributed by atoms with Gasteiger partial charge in [-0.2, -0.15) is 0 Å². The van der Waals surface area contributed by atoms with E-state index in [0.717, 1.165) is 5.56 Å². The van der Waals surface area contributed by atoms with Crippen LogP contribution in [-0.4, -0.2) is 19.8 Å². The monoisotopic (exact) mass is 285 g/mol. The number of amides is 1. The van der Waals surface area contributed by atoms with Crippen LogP contribution in [-0.2, 0) is 11.3 Å². The van der Waals surface area contributed by atoms with Crippen molar-refractivity contribution < 1.29 is 19.0 Å². The maximum absolute atomic E-state index is 12.2. The van der Waals surface area contributed by atoms with E-state index in [1.54, 1.807) is 37.4 Å². The van der Waals surface area contributed by atoms with Gasteiger partial charge in [-0.05, 0) is 29.8 Å². The van der Waals surface area contributed by atoms with Crippen LogP contribution in [0.2, 0.25) is 0 Å². The molecule has 0 atom stereocenters. The van der Waals surface area contributed by atoms with E-state index < -0.39 is 0 Å². The first kappa shape index (κ1) is 13.5. The van der Waals surface area contributed by atoms with Gasteiger partial charge in [0.15, 0.2) is 11.5 Å². The third-order valence-corrected chi connectivity index (χ3v) is 3.16. The zero-order chi connectivity index (χ0) is 14.7. The molecule has 0 aliphatic carbocycles.